The zero-order chi connectivity index (χ0) is 41.8. The third-order valence-electron chi connectivity index (χ3n) is 12.9. The molecule has 0 atom stereocenters. The van der Waals surface area contributed by atoms with Gasteiger partial charge in [-0.25, -0.2) is 9.97 Å². The van der Waals surface area contributed by atoms with E-state index in [1.807, 2.05) is 17.4 Å². The molecular formula is C57H35ClN4S. The molecule has 0 amide bonds. The van der Waals surface area contributed by atoms with E-state index in [0.717, 1.165) is 66.3 Å². The van der Waals surface area contributed by atoms with Gasteiger partial charge in [-0.05, 0) is 80.0 Å². The Morgan fingerprint density at radius 1 is 0.492 bits per heavy atom. The van der Waals surface area contributed by atoms with Crippen molar-refractivity contribution in [2.45, 2.75) is 0 Å². The van der Waals surface area contributed by atoms with Crippen LogP contribution in [-0.4, -0.2) is 21.6 Å². The summed E-state index contributed by atoms with van der Waals surface area (Å²) < 4.78 is 4.77. The van der Waals surface area contributed by atoms with Gasteiger partial charge in [-0.2, -0.15) is 0 Å². The number of fused-ring (bicyclic) bond motifs is 15. The summed E-state index contributed by atoms with van der Waals surface area (Å²) in [6, 6.07) is 69.6. The van der Waals surface area contributed by atoms with Crippen molar-refractivity contribution in [3.8, 4) is 28.1 Å². The Labute approximate surface area is 371 Å². The van der Waals surface area contributed by atoms with Crippen LogP contribution in [-0.2, 0) is 0 Å². The molecule has 0 bridgehead atoms. The average molecular weight is 843 g/mol. The zero-order valence-electron chi connectivity index (χ0n) is 34.1. The number of thiophene rings is 1. The molecule has 0 saturated carbocycles. The first-order valence-electron chi connectivity index (χ1n) is 21.2. The van der Waals surface area contributed by atoms with E-state index in [1.165, 1.54) is 52.7 Å². The fraction of sp³-hybridized carbons (Fsp3) is 0.0175. The smallest absolute Gasteiger partial charge is 0.176 e. The lowest BCUT2D eigenvalue weighted by molar-refractivity contribution is 1.08. The number of hydrogen-bond acceptors (Lipinski definition) is 4. The summed E-state index contributed by atoms with van der Waals surface area (Å²) in [5.74, 6) is 0.621. The van der Waals surface area contributed by atoms with Gasteiger partial charge in [-0.3, -0.25) is 4.57 Å². The van der Waals surface area contributed by atoms with E-state index < -0.39 is 0 Å². The third-order valence-corrected chi connectivity index (χ3v) is 14.4. The molecule has 3 aromatic heterocycles. The second-order valence-electron chi connectivity index (χ2n) is 16.3. The minimum atomic E-state index is 0.363. The summed E-state index contributed by atoms with van der Waals surface area (Å²) >= 11 is 9.19. The van der Waals surface area contributed by atoms with Gasteiger partial charge in [0.1, 0.15) is 0 Å². The summed E-state index contributed by atoms with van der Waals surface area (Å²) in [6.07, 6.45) is 0. The number of benzene rings is 10. The number of rotatable bonds is 5. The molecule has 0 aliphatic rings. The molecule has 3 heterocycles. The SMILES string of the molecule is CN(c1ccccc1)c1ccccc1-c1ccc(-c2ccc3c(c2)c2c4ccccc4c4c5ccc6ccccc6c5sc4c2n3-c2nc3c(ccc4ccccc43)nc2Cl)cc1. The Bertz CT molecular complexity index is 4000. The molecule has 0 saturated heterocycles. The lowest BCUT2D eigenvalue weighted by Gasteiger charge is -2.23. The third kappa shape index (κ3) is 5.47. The highest BCUT2D eigenvalue weighted by atomic mass is 35.5. The molecule has 0 unspecified atom stereocenters. The fourth-order valence-electron chi connectivity index (χ4n) is 9.90. The average Bonchev–Trinajstić information content (AvgIpc) is 3.91. The van der Waals surface area contributed by atoms with Crippen LogP contribution in [0, 0.1) is 0 Å². The quantitative estimate of drug-likeness (QED) is 0.162. The monoisotopic (exact) mass is 842 g/mol. The molecule has 296 valence electrons. The summed E-state index contributed by atoms with van der Waals surface area (Å²) in [5, 5.41) is 12.2. The van der Waals surface area contributed by atoms with E-state index in [4.69, 9.17) is 21.6 Å². The van der Waals surface area contributed by atoms with Crippen LogP contribution in [0.4, 0.5) is 11.4 Å². The van der Waals surface area contributed by atoms with Crippen LogP contribution in [0.5, 0.6) is 0 Å². The Hall–Kier alpha value is -7.57. The first kappa shape index (κ1) is 36.1. The highest BCUT2D eigenvalue weighted by Gasteiger charge is 2.25. The predicted molar refractivity (Wildman–Crippen MR) is 270 cm³/mol. The number of nitrogens with zero attached hydrogens (tertiary/aromatic N) is 4. The first-order valence-corrected chi connectivity index (χ1v) is 22.4. The summed E-state index contributed by atoms with van der Waals surface area (Å²) in [7, 11) is 2.13. The Balaban J connectivity index is 1.08. The number of anilines is 2. The van der Waals surface area contributed by atoms with Gasteiger partial charge < -0.3 is 4.90 Å². The molecule has 13 rings (SSSR count). The summed E-state index contributed by atoms with van der Waals surface area (Å²) in [5.41, 5.74) is 10.6. The molecule has 6 heteroatoms. The van der Waals surface area contributed by atoms with Crippen LogP contribution in [0.25, 0.3) is 113 Å². The van der Waals surface area contributed by atoms with Crippen molar-refractivity contribution in [2.24, 2.45) is 0 Å². The van der Waals surface area contributed by atoms with Crippen molar-refractivity contribution < 1.29 is 0 Å². The van der Waals surface area contributed by atoms with E-state index in [-0.39, 0.29) is 0 Å². The molecule has 0 fully saturated rings. The topological polar surface area (TPSA) is 34.0 Å². The predicted octanol–water partition coefficient (Wildman–Crippen LogP) is 16.3. The van der Waals surface area contributed by atoms with Gasteiger partial charge in [-0.1, -0.05) is 169 Å². The second kappa shape index (κ2) is 14.0. The van der Waals surface area contributed by atoms with Gasteiger partial charge in [0.2, 0.25) is 0 Å². The number of hydrogen-bond donors (Lipinski definition) is 0. The Kier molecular flexibility index (Phi) is 8.01. The van der Waals surface area contributed by atoms with Gasteiger partial charge in [0.05, 0.1) is 26.8 Å². The molecule has 0 aliphatic heterocycles. The van der Waals surface area contributed by atoms with Crippen molar-refractivity contribution in [3.05, 3.63) is 199 Å². The van der Waals surface area contributed by atoms with E-state index in [1.54, 1.807) is 0 Å². The maximum Gasteiger partial charge on any atom is 0.176 e. The van der Waals surface area contributed by atoms with Crippen LogP contribution in [0.1, 0.15) is 0 Å². The van der Waals surface area contributed by atoms with E-state index in [0.29, 0.717) is 11.0 Å². The molecule has 13 aromatic rings. The van der Waals surface area contributed by atoms with Crippen molar-refractivity contribution in [2.75, 3.05) is 11.9 Å². The van der Waals surface area contributed by atoms with E-state index in [9.17, 15) is 0 Å². The van der Waals surface area contributed by atoms with Gasteiger partial charge in [0.15, 0.2) is 11.0 Å². The minimum absolute atomic E-state index is 0.363. The molecule has 0 aliphatic carbocycles. The van der Waals surface area contributed by atoms with Gasteiger partial charge >= 0.3 is 0 Å². The Morgan fingerprint density at radius 2 is 1.13 bits per heavy atom. The number of aromatic nitrogens is 3. The Morgan fingerprint density at radius 3 is 1.94 bits per heavy atom. The molecule has 4 nitrogen and oxygen atoms in total. The molecule has 0 radical (unpaired) electrons. The summed E-state index contributed by atoms with van der Waals surface area (Å²) in [6.45, 7) is 0. The van der Waals surface area contributed by atoms with Gasteiger partial charge in [0, 0.05) is 55.6 Å². The lowest BCUT2D eigenvalue weighted by Crippen LogP contribution is -2.10. The van der Waals surface area contributed by atoms with Crippen molar-refractivity contribution >= 4 is 120 Å². The van der Waals surface area contributed by atoms with E-state index >= 15 is 0 Å². The van der Waals surface area contributed by atoms with E-state index in [2.05, 4.69) is 205 Å². The minimum Gasteiger partial charge on any atom is -0.344 e. The number of para-hydroxylation sites is 2. The van der Waals surface area contributed by atoms with Crippen LogP contribution >= 0.6 is 22.9 Å². The maximum absolute atomic E-state index is 7.34. The maximum atomic E-state index is 7.34. The number of halogens is 1. The lowest BCUT2D eigenvalue weighted by atomic mass is 9.96. The normalized spacial score (nSPS) is 12.0. The second-order valence-corrected chi connectivity index (χ2v) is 17.7. The molecular weight excluding hydrogens is 808 g/mol. The fourth-order valence-corrected chi connectivity index (χ4v) is 11.5. The van der Waals surface area contributed by atoms with Gasteiger partial charge in [0.25, 0.3) is 0 Å². The van der Waals surface area contributed by atoms with Crippen LogP contribution < -0.4 is 4.90 Å². The molecule has 0 N–H and O–H groups in total. The first-order chi connectivity index (χ1) is 31.1. The summed E-state index contributed by atoms with van der Waals surface area (Å²) in [4.78, 5) is 12.8. The van der Waals surface area contributed by atoms with Crippen LogP contribution in [0.2, 0.25) is 5.15 Å². The van der Waals surface area contributed by atoms with Crippen LogP contribution in [0.3, 0.4) is 0 Å². The van der Waals surface area contributed by atoms with Crippen molar-refractivity contribution in [1.29, 1.82) is 0 Å². The highest BCUT2D eigenvalue weighted by Crippen LogP contribution is 2.50. The zero-order valence-corrected chi connectivity index (χ0v) is 35.6. The van der Waals surface area contributed by atoms with Crippen LogP contribution in [0.15, 0.2) is 194 Å². The van der Waals surface area contributed by atoms with Gasteiger partial charge in [-0.15, -0.1) is 11.3 Å². The standard InChI is InChI=1S/C57H35ClN4S/c1-61(39-15-3-2-4-16-39)48-22-12-11-17-40(48)37-25-23-34(24-26-37)38-29-32-49-46(33-38)50-43-20-9-10-21-44(43)51-45-30-27-36-14-6-8-19-42(36)54(45)63-55(51)53(50)62(49)57-56(58)59-47-31-28-35-13-5-7-18-41(35)52(47)60-57/h2-33H,1H3. The molecule has 63 heavy (non-hydrogen) atoms. The molecule has 0 spiro atoms. The van der Waals surface area contributed by atoms with Crippen molar-refractivity contribution in [1.82, 2.24) is 14.5 Å². The van der Waals surface area contributed by atoms with Crippen molar-refractivity contribution in [3.63, 3.8) is 0 Å². The molecule has 10 aromatic carbocycles. The highest BCUT2D eigenvalue weighted by molar-refractivity contribution is 7.27. The largest absolute Gasteiger partial charge is 0.344 e.